The van der Waals surface area contributed by atoms with E-state index < -0.39 is 0 Å². The minimum absolute atomic E-state index is 0.581. The molecule has 1 aliphatic rings. The Hall–Kier alpha value is -0.530. The maximum absolute atomic E-state index is 5.78. The second-order valence-electron chi connectivity index (χ2n) is 3.77. The van der Waals surface area contributed by atoms with Gasteiger partial charge in [0.2, 0.25) is 0 Å². The number of nitrogens with two attached hydrogens (primary N) is 1. The average molecular weight is 168 g/mol. The molecule has 0 aromatic rings. The standard InChI is InChI=1S/C10H20N2/c1-3-8-4-6-9(7-5-8)10(11)12-2/h8-9H,3-7H2,1-2H3,(H2,11,12). The van der Waals surface area contributed by atoms with Gasteiger partial charge in [-0.1, -0.05) is 13.3 Å². The molecule has 0 heterocycles. The Morgan fingerprint density at radius 2 is 1.92 bits per heavy atom. The topological polar surface area (TPSA) is 38.4 Å². The molecule has 2 heteroatoms. The molecule has 70 valence electrons. The Bertz CT molecular complexity index is 155. The van der Waals surface area contributed by atoms with Gasteiger partial charge < -0.3 is 5.73 Å². The summed E-state index contributed by atoms with van der Waals surface area (Å²) in [4.78, 5) is 4.06. The lowest BCUT2D eigenvalue weighted by atomic mass is 9.80. The first-order chi connectivity index (χ1) is 5.77. The van der Waals surface area contributed by atoms with E-state index in [-0.39, 0.29) is 0 Å². The van der Waals surface area contributed by atoms with Crippen molar-refractivity contribution in [2.45, 2.75) is 39.0 Å². The first-order valence-electron chi connectivity index (χ1n) is 5.00. The van der Waals surface area contributed by atoms with Crippen molar-refractivity contribution >= 4 is 5.84 Å². The van der Waals surface area contributed by atoms with Gasteiger partial charge >= 0.3 is 0 Å². The van der Waals surface area contributed by atoms with Crippen molar-refractivity contribution in [3.8, 4) is 0 Å². The highest BCUT2D eigenvalue weighted by Crippen LogP contribution is 2.30. The summed E-state index contributed by atoms with van der Waals surface area (Å²) in [6, 6.07) is 0. The Balaban J connectivity index is 2.36. The van der Waals surface area contributed by atoms with E-state index in [0.717, 1.165) is 11.8 Å². The molecule has 1 fully saturated rings. The zero-order valence-electron chi connectivity index (χ0n) is 8.21. The highest BCUT2D eigenvalue weighted by Gasteiger charge is 2.21. The van der Waals surface area contributed by atoms with Crippen LogP contribution in [0.15, 0.2) is 4.99 Å². The van der Waals surface area contributed by atoms with Gasteiger partial charge in [-0.3, -0.25) is 4.99 Å². The fourth-order valence-corrected chi connectivity index (χ4v) is 2.05. The quantitative estimate of drug-likeness (QED) is 0.498. The number of hydrogen-bond acceptors (Lipinski definition) is 1. The first-order valence-corrected chi connectivity index (χ1v) is 5.00. The predicted octanol–water partition coefficient (Wildman–Crippen LogP) is 2.19. The van der Waals surface area contributed by atoms with E-state index in [0.29, 0.717) is 5.92 Å². The van der Waals surface area contributed by atoms with Crippen molar-refractivity contribution in [3.63, 3.8) is 0 Å². The molecule has 1 aliphatic carbocycles. The molecule has 0 unspecified atom stereocenters. The van der Waals surface area contributed by atoms with E-state index in [9.17, 15) is 0 Å². The normalized spacial score (nSPS) is 32.0. The molecule has 0 spiro atoms. The fraction of sp³-hybridized carbons (Fsp3) is 0.900. The van der Waals surface area contributed by atoms with Crippen LogP contribution >= 0.6 is 0 Å². The average Bonchev–Trinajstić information content (AvgIpc) is 2.17. The lowest BCUT2D eigenvalue weighted by Gasteiger charge is -2.27. The number of hydrogen-bond donors (Lipinski definition) is 1. The molecule has 0 saturated heterocycles. The van der Waals surface area contributed by atoms with E-state index in [1.165, 1.54) is 32.1 Å². The van der Waals surface area contributed by atoms with E-state index in [1.807, 2.05) is 0 Å². The molecule has 0 amide bonds. The summed E-state index contributed by atoms with van der Waals surface area (Å²) in [5, 5.41) is 0. The molecule has 2 nitrogen and oxygen atoms in total. The zero-order valence-corrected chi connectivity index (χ0v) is 8.21. The maximum Gasteiger partial charge on any atom is 0.0964 e. The molecule has 0 aromatic carbocycles. The summed E-state index contributed by atoms with van der Waals surface area (Å²) < 4.78 is 0. The van der Waals surface area contributed by atoms with Gasteiger partial charge in [0, 0.05) is 13.0 Å². The third kappa shape index (κ3) is 2.23. The van der Waals surface area contributed by atoms with Crippen LogP contribution < -0.4 is 5.73 Å². The van der Waals surface area contributed by atoms with Crippen LogP contribution in [0.1, 0.15) is 39.0 Å². The summed E-state index contributed by atoms with van der Waals surface area (Å²) in [7, 11) is 1.79. The van der Waals surface area contributed by atoms with Gasteiger partial charge in [0.1, 0.15) is 0 Å². The minimum Gasteiger partial charge on any atom is -0.387 e. The van der Waals surface area contributed by atoms with Crippen LogP contribution in [0, 0.1) is 11.8 Å². The summed E-state index contributed by atoms with van der Waals surface area (Å²) in [6.45, 7) is 2.28. The largest absolute Gasteiger partial charge is 0.387 e. The summed E-state index contributed by atoms with van der Waals surface area (Å²) in [6.07, 6.45) is 6.52. The molecule has 2 N–H and O–H groups in total. The molecule has 0 bridgehead atoms. The van der Waals surface area contributed by atoms with Crippen molar-refractivity contribution in [1.82, 2.24) is 0 Å². The number of amidine groups is 1. The van der Waals surface area contributed by atoms with Gasteiger partial charge in [0.05, 0.1) is 5.84 Å². The first kappa shape index (κ1) is 9.56. The van der Waals surface area contributed by atoms with Crippen molar-refractivity contribution in [1.29, 1.82) is 0 Å². The predicted molar refractivity (Wildman–Crippen MR) is 53.3 cm³/mol. The SMILES string of the molecule is CCC1CCC(C(N)=NC)CC1. The molecule has 1 rings (SSSR count). The second-order valence-corrected chi connectivity index (χ2v) is 3.77. The van der Waals surface area contributed by atoms with Gasteiger partial charge in [-0.05, 0) is 31.6 Å². The van der Waals surface area contributed by atoms with E-state index in [4.69, 9.17) is 5.73 Å². The van der Waals surface area contributed by atoms with Crippen molar-refractivity contribution in [2.75, 3.05) is 7.05 Å². The van der Waals surface area contributed by atoms with E-state index in [2.05, 4.69) is 11.9 Å². The monoisotopic (exact) mass is 168 g/mol. The molecule has 0 atom stereocenters. The highest BCUT2D eigenvalue weighted by molar-refractivity contribution is 5.82. The lowest BCUT2D eigenvalue weighted by Crippen LogP contribution is -2.27. The van der Waals surface area contributed by atoms with Crippen molar-refractivity contribution in [3.05, 3.63) is 0 Å². The summed E-state index contributed by atoms with van der Waals surface area (Å²) >= 11 is 0. The molecule has 1 saturated carbocycles. The fourth-order valence-electron chi connectivity index (χ4n) is 2.05. The number of aliphatic imine (C=N–C) groups is 1. The Morgan fingerprint density at radius 3 is 2.33 bits per heavy atom. The van der Waals surface area contributed by atoms with Gasteiger partial charge in [-0.15, -0.1) is 0 Å². The van der Waals surface area contributed by atoms with Crippen LogP contribution in [0.5, 0.6) is 0 Å². The van der Waals surface area contributed by atoms with Crippen LogP contribution in [0.2, 0.25) is 0 Å². The van der Waals surface area contributed by atoms with Gasteiger partial charge in [-0.25, -0.2) is 0 Å². The maximum atomic E-state index is 5.78. The summed E-state index contributed by atoms with van der Waals surface area (Å²) in [5.41, 5.74) is 5.78. The van der Waals surface area contributed by atoms with Crippen molar-refractivity contribution in [2.24, 2.45) is 22.6 Å². The second kappa shape index (κ2) is 4.48. The molecular formula is C10H20N2. The number of nitrogens with zero attached hydrogens (tertiary/aromatic N) is 1. The van der Waals surface area contributed by atoms with Crippen LogP contribution in [0.25, 0.3) is 0 Å². The van der Waals surface area contributed by atoms with E-state index in [1.54, 1.807) is 7.05 Å². The molecule has 0 radical (unpaired) electrons. The van der Waals surface area contributed by atoms with Crippen LogP contribution in [-0.4, -0.2) is 12.9 Å². The molecule has 0 aromatic heterocycles. The zero-order chi connectivity index (χ0) is 8.97. The van der Waals surface area contributed by atoms with Gasteiger partial charge in [-0.2, -0.15) is 0 Å². The third-order valence-corrected chi connectivity index (χ3v) is 3.10. The Morgan fingerprint density at radius 1 is 1.33 bits per heavy atom. The molecule has 12 heavy (non-hydrogen) atoms. The summed E-state index contributed by atoms with van der Waals surface area (Å²) in [5.74, 6) is 2.40. The number of rotatable bonds is 2. The third-order valence-electron chi connectivity index (χ3n) is 3.10. The highest BCUT2D eigenvalue weighted by atomic mass is 14.8. The Kier molecular flexibility index (Phi) is 3.57. The van der Waals surface area contributed by atoms with Crippen LogP contribution in [0.3, 0.4) is 0 Å². The van der Waals surface area contributed by atoms with Gasteiger partial charge in [0.25, 0.3) is 0 Å². The Labute approximate surface area is 75.3 Å². The van der Waals surface area contributed by atoms with Crippen LogP contribution in [-0.2, 0) is 0 Å². The lowest BCUT2D eigenvalue weighted by molar-refractivity contribution is 0.314. The van der Waals surface area contributed by atoms with E-state index >= 15 is 0 Å². The molecule has 0 aliphatic heterocycles. The van der Waals surface area contributed by atoms with Crippen molar-refractivity contribution < 1.29 is 0 Å². The smallest absolute Gasteiger partial charge is 0.0964 e. The molecular weight excluding hydrogens is 148 g/mol. The van der Waals surface area contributed by atoms with Crippen LogP contribution in [0.4, 0.5) is 0 Å². The van der Waals surface area contributed by atoms with Gasteiger partial charge in [0.15, 0.2) is 0 Å². The minimum atomic E-state index is 0.581.